The van der Waals surface area contributed by atoms with Crippen molar-refractivity contribution >= 4 is 6.21 Å². The lowest BCUT2D eigenvalue weighted by molar-refractivity contribution is 0.265. The number of aliphatic imine (C=N–C) groups is 1. The van der Waals surface area contributed by atoms with E-state index in [1.807, 2.05) is 12.4 Å². The van der Waals surface area contributed by atoms with Gasteiger partial charge in [-0.05, 0) is 41.2 Å². The predicted molar refractivity (Wildman–Crippen MR) is 79.1 cm³/mol. The first-order chi connectivity index (χ1) is 9.86. The van der Waals surface area contributed by atoms with Crippen LogP contribution in [0.2, 0.25) is 0 Å². The molecule has 3 heteroatoms. The summed E-state index contributed by atoms with van der Waals surface area (Å²) < 4.78 is 0. The van der Waals surface area contributed by atoms with Gasteiger partial charge in [-0.2, -0.15) is 0 Å². The van der Waals surface area contributed by atoms with Crippen LogP contribution in [0, 0.1) is 0 Å². The molecule has 1 unspecified atom stereocenters. The molecular weight excluding hydrogens is 248 g/mol. The van der Waals surface area contributed by atoms with Gasteiger partial charge < -0.3 is 5.11 Å². The van der Waals surface area contributed by atoms with Crippen LogP contribution in [0.1, 0.15) is 34.7 Å². The number of aromatic nitrogens is 1. The molecule has 0 bridgehead atoms. The van der Waals surface area contributed by atoms with Gasteiger partial charge in [0.05, 0.1) is 12.2 Å². The summed E-state index contributed by atoms with van der Waals surface area (Å²) in [7, 11) is 0. The molecule has 1 aliphatic heterocycles. The molecule has 4 rings (SSSR count). The lowest BCUT2D eigenvalue weighted by Crippen LogP contribution is -1.99. The number of aryl methyl sites for hydroxylation is 1. The molecule has 20 heavy (non-hydrogen) atoms. The van der Waals surface area contributed by atoms with Crippen LogP contribution in [0.4, 0.5) is 0 Å². The predicted octanol–water partition coefficient (Wildman–Crippen LogP) is 2.70. The van der Waals surface area contributed by atoms with Gasteiger partial charge in [0, 0.05) is 30.5 Å². The molecule has 1 N–H and O–H groups in total. The summed E-state index contributed by atoms with van der Waals surface area (Å²) in [4.78, 5) is 8.70. The second kappa shape index (κ2) is 4.53. The molecule has 0 amide bonds. The number of nitrogens with zero attached hydrogens (tertiary/aromatic N) is 2. The van der Waals surface area contributed by atoms with Crippen LogP contribution in [0.5, 0.6) is 0 Å². The maximum Gasteiger partial charge on any atom is 0.0818 e. The van der Waals surface area contributed by atoms with Crippen LogP contribution < -0.4 is 0 Å². The summed E-state index contributed by atoms with van der Waals surface area (Å²) in [5.41, 5.74) is 7.30. The zero-order chi connectivity index (χ0) is 13.5. The number of hydrogen-bond acceptors (Lipinski definition) is 3. The van der Waals surface area contributed by atoms with Crippen molar-refractivity contribution in [3.8, 4) is 11.1 Å². The molecule has 0 spiro atoms. The lowest BCUT2D eigenvalue weighted by Gasteiger charge is -2.11. The highest BCUT2D eigenvalue weighted by atomic mass is 16.3. The minimum Gasteiger partial charge on any atom is -0.396 e. The number of rotatable bonds is 2. The van der Waals surface area contributed by atoms with E-state index in [9.17, 15) is 5.11 Å². The van der Waals surface area contributed by atoms with Crippen molar-refractivity contribution < 1.29 is 5.11 Å². The van der Waals surface area contributed by atoms with E-state index >= 15 is 0 Å². The first kappa shape index (κ1) is 11.8. The molecule has 0 radical (unpaired) electrons. The molecular formula is C17H16N2O. The zero-order valence-corrected chi connectivity index (χ0v) is 11.2. The number of benzene rings is 1. The Labute approximate surface area is 118 Å². The van der Waals surface area contributed by atoms with Crippen molar-refractivity contribution in [3.63, 3.8) is 0 Å². The van der Waals surface area contributed by atoms with E-state index in [1.165, 1.54) is 22.3 Å². The molecule has 1 aromatic heterocycles. The Morgan fingerprint density at radius 2 is 2.20 bits per heavy atom. The first-order valence-electron chi connectivity index (χ1n) is 7.08. The van der Waals surface area contributed by atoms with Gasteiger partial charge in [-0.3, -0.25) is 9.98 Å². The second-order valence-electron chi connectivity index (χ2n) is 5.52. The number of aliphatic hydroxyl groups is 1. The maximum absolute atomic E-state index is 9.50. The Morgan fingerprint density at radius 1 is 1.25 bits per heavy atom. The van der Waals surface area contributed by atoms with E-state index in [1.54, 1.807) is 0 Å². The van der Waals surface area contributed by atoms with Gasteiger partial charge in [0.25, 0.3) is 0 Å². The van der Waals surface area contributed by atoms with Crippen molar-refractivity contribution in [1.82, 2.24) is 4.98 Å². The SMILES string of the molecule is OCC1CCc2ccc(-c3ccnc4c3C=NC4)cc21. The Bertz CT molecular complexity index is 706. The van der Waals surface area contributed by atoms with E-state index in [-0.39, 0.29) is 6.61 Å². The Balaban J connectivity index is 1.85. The van der Waals surface area contributed by atoms with Crippen LogP contribution in [-0.2, 0) is 13.0 Å². The third kappa shape index (κ3) is 1.70. The van der Waals surface area contributed by atoms with Crippen LogP contribution in [-0.4, -0.2) is 22.9 Å². The third-order valence-electron chi connectivity index (χ3n) is 4.41. The molecule has 1 aromatic carbocycles. The van der Waals surface area contributed by atoms with E-state index in [4.69, 9.17) is 0 Å². The normalized spacial score (nSPS) is 19.1. The van der Waals surface area contributed by atoms with Crippen molar-refractivity contribution in [2.75, 3.05) is 6.61 Å². The number of fused-ring (bicyclic) bond motifs is 2. The van der Waals surface area contributed by atoms with Gasteiger partial charge in [0.1, 0.15) is 0 Å². The highest BCUT2D eigenvalue weighted by molar-refractivity contribution is 5.93. The lowest BCUT2D eigenvalue weighted by atomic mass is 9.94. The summed E-state index contributed by atoms with van der Waals surface area (Å²) in [6.45, 7) is 0.930. The summed E-state index contributed by atoms with van der Waals surface area (Å²) in [5, 5.41) is 9.50. The van der Waals surface area contributed by atoms with E-state index in [2.05, 4.69) is 34.2 Å². The van der Waals surface area contributed by atoms with Crippen LogP contribution in [0.25, 0.3) is 11.1 Å². The fourth-order valence-corrected chi connectivity index (χ4v) is 3.31. The summed E-state index contributed by atoms with van der Waals surface area (Å²) in [6, 6.07) is 8.69. The van der Waals surface area contributed by atoms with Gasteiger partial charge in [-0.1, -0.05) is 18.2 Å². The van der Waals surface area contributed by atoms with Crippen molar-refractivity contribution in [3.05, 3.63) is 52.8 Å². The average Bonchev–Trinajstić information content (AvgIpc) is 3.12. The van der Waals surface area contributed by atoms with E-state index in [0.717, 1.165) is 24.1 Å². The molecule has 1 atom stereocenters. The standard InChI is InChI=1S/C17H16N2O/c20-10-13-4-2-11-1-3-12(7-15(11)13)14-5-6-19-17-9-18-8-16(14)17/h1,3,5-8,13,20H,2,4,9-10H2. The maximum atomic E-state index is 9.50. The van der Waals surface area contributed by atoms with Crippen molar-refractivity contribution in [2.45, 2.75) is 25.3 Å². The Morgan fingerprint density at radius 3 is 3.10 bits per heavy atom. The second-order valence-corrected chi connectivity index (χ2v) is 5.52. The average molecular weight is 264 g/mol. The van der Waals surface area contributed by atoms with Gasteiger partial charge in [-0.25, -0.2) is 0 Å². The minimum absolute atomic E-state index is 0.242. The highest BCUT2D eigenvalue weighted by Crippen LogP contribution is 2.36. The van der Waals surface area contributed by atoms with E-state index in [0.29, 0.717) is 12.5 Å². The van der Waals surface area contributed by atoms with Gasteiger partial charge >= 0.3 is 0 Å². The van der Waals surface area contributed by atoms with Gasteiger partial charge in [-0.15, -0.1) is 0 Å². The molecule has 2 aliphatic rings. The Hall–Kier alpha value is -2.00. The molecule has 0 fully saturated rings. The third-order valence-corrected chi connectivity index (χ3v) is 4.41. The molecule has 0 saturated heterocycles. The van der Waals surface area contributed by atoms with E-state index < -0.39 is 0 Å². The first-order valence-corrected chi connectivity index (χ1v) is 7.08. The summed E-state index contributed by atoms with van der Waals surface area (Å²) in [6.07, 6.45) is 5.93. The molecule has 2 aromatic rings. The fourth-order valence-electron chi connectivity index (χ4n) is 3.31. The fraction of sp³-hybridized carbons (Fsp3) is 0.294. The topological polar surface area (TPSA) is 45.5 Å². The molecule has 100 valence electrons. The number of aliphatic hydroxyl groups excluding tert-OH is 1. The van der Waals surface area contributed by atoms with Crippen LogP contribution in [0.15, 0.2) is 35.5 Å². The molecule has 3 nitrogen and oxygen atoms in total. The van der Waals surface area contributed by atoms with Crippen molar-refractivity contribution in [1.29, 1.82) is 0 Å². The van der Waals surface area contributed by atoms with Crippen molar-refractivity contribution in [2.24, 2.45) is 4.99 Å². The monoisotopic (exact) mass is 264 g/mol. The zero-order valence-electron chi connectivity index (χ0n) is 11.2. The van der Waals surface area contributed by atoms with Crippen LogP contribution in [0.3, 0.4) is 0 Å². The summed E-state index contributed by atoms with van der Waals surface area (Å²) >= 11 is 0. The quantitative estimate of drug-likeness (QED) is 0.906. The molecule has 2 heterocycles. The highest BCUT2D eigenvalue weighted by Gasteiger charge is 2.23. The Kier molecular flexibility index (Phi) is 2.67. The largest absolute Gasteiger partial charge is 0.396 e. The van der Waals surface area contributed by atoms with Gasteiger partial charge in [0.2, 0.25) is 0 Å². The number of pyridine rings is 1. The minimum atomic E-state index is 0.242. The molecule has 1 aliphatic carbocycles. The van der Waals surface area contributed by atoms with Gasteiger partial charge in [0.15, 0.2) is 0 Å². The summed E-state index contributed by atoms with van der Waals surface area (Å²) in [5.74, 6) is 0.300. The smallest absolute Gasteiger partial charge is 0.0818 e. The molecule has 0 saturated carbocycles. The number of hydrogen-bond donors (Lipinski definition) is 1. The van der Waals surface area contributed by atoms with Crippen LogP contribution >= 0.6 is 0 Å².